The first-order chi connectivity index (χ1) is 20.4. The van der Waals surface area contributed by atoms with Crippen molar-refractivity contribution in [2.75, 3.05) is 24.7 Å². The van der Waals surface area contributed by atoms with Crippen LogP contribution in [0, 0.1) is 0 Å². The molecule has 4 aromatic rings. The van der Waals surface area contributed by atoms with E-state index in [-0.39, 0.29) is 34.2 Å². The number of hydrogen-bond donors (Lipinski definition) is 9. The molecule has 6 rings (SSSR count). The number of nitrogens with one attached hydrogen (secondary N) is 2. The fraction of sp³-hybridized carbons (Fsp3) is 0.500. The van der Waals surface area contributed by atoms with Gasteiger partial charge in [-0.15, -0.1) is 0 Å². The SMILES string of the molecule is Nc1nc2c(ncn2[C@@H]2O[C@H](CO)[C@@H](OP(=O)(O)O[C@H]3[C@@H](O)[C@H](n4cnc5c(=O)[nH]c(N)nc54)O[C@@H]3CO)[C@H]2O)c(=O)[nH]1. The van der Waals surface area contributed by atoms with Gasteiger partial charge in [-0.25, -0.2) is 14.5 Å². The van der Waals surface area contributed by atoms with E-state index in [1.807, 2.05) is 0 Å². The first-order valence-electron chi connectivity index (χ1n) is 12.5. The number of H-pyrrole nitrogens is 2. The Morgan fingerprint density at radius 1 is 0.837 bits per heavy atom. The molecule has 0 saturated carbocycles. The first-order valence-corrected chi connectivity index (χ1v) is 13.9. The number of aromatic amines is 2. The number of phosphoric ester groups is 1. The summed E-state index contributed by atoms with van der Waals surface area (Å²) in [6.45, 7) is -1.58. The lowest BCUT2D eigenvalue weighted by Gasteiger charge is -2.26. The smallest absolute Gasteiger partial charge is 0.394 e. The van der Waals surface area contributed by atoms with Crippen molar-refractivity contribution in [3.05, 3.63) is 33.4 Å². The number of aromatic nitrogens is 8. The van der Waals surface area contributed by atoms with E-state index in [0.29, 0.717) is 0 Å². The molecule has 2 fully saturated rings. The minimum Gasteiger partial charge on any atom is -0.394 e. The van der Waals surface area contributed by atoms with Gasteiger partial charge in [0, 0.05) is 0 Å². The molecule has 2 aliphatic heterocycles. The maximum atomic E-state index is 13.2. The summed E-state index contributed by atoms with van der Waals surface area (Å²) >= 11 is 0. The van der Waals surface area contributed by atoms with Gasteiger partial charge in [0.05, 0.1) is 25.9 Å². The Kier molecular flexibility index (Phi) is 7.29. The molecule has 43 heavy (non-hydrogen) atoms. The largest absolute Gasteiger partial charge is 0.473 e. The van der Waals surface area contributed by atoms with Gasteiger partial charge in [-0.1, -0.05) is 0 Å². The third kappa shape index (κ3) is 4.98. The first kappa shape index (κ1) is 29.3. The molecule has 0 amide bonds. The average molecular weight is 628 g/mol. The number of rotatable bonds is 8. The van der Waals surface area contributed by atoms with Crippen molar-refractivity contribution in [2.24, 2.45) is 0 Å². The number of nitrogen functional groups attached to an aromatic ring is 2. The second-order valence-corrected chi connectivity index (χ2v) is 11.0. The van der Waals surface area contributed by atoms with Crippen molar-refractivity contribution < 1.29 is 48.4 Å². The van der Waals surface area contributed by atoms with Gasteiger partial charge in [-0.3, -0.25) is 37.7 Å². The molecule has 0 aromatic carbocycles. The van der Waals surface area contributed by atoms with Crippen LogP contribution in [0.4, 0.5) is 11.9 Å². The van der Waals surface area contributed by atoms with Crippen molar-refractivity contribution >= 4 is 42.0 Å². The van der Waals surface area contributed by atoms with Gasteiger partial charge < -0.3 is 46.3 Å². The Morgan fingerprint density at radius 2 is 1.23 bits per heavy atom. The van der Waals surface area contributed by atoms with Crippen LogP contribution in [0.15, 0.2) is 22.2 Å². The summed E-state index contributed by atoms with van der Waals surface area (Å²) in [6.07, 6.45) is -10.3. The number of nitrogens with zero attached hydrogens (tertiary/aromatic N) is 6. The molecule has 0 radical (unpaired) electrons. The van der Waals surface area contributed by atoms with Crippen LogP contribution in [-0.4, -0.2) is 114 Å². The van der Waals surface area contributed by atoms with Crippen LogP contribution in [0.25, 0.3) is 22.3 Å². The number of aliphatic hydroxyl groups excluding tert-OH is 4. The fourth-order valence-corrected chi connectivity index (χ4v) is 6.23. The quantitative estimate of drug-likeness (QED) is 0.0835. The van der Waals surface area contributed by atoms with Gasteiger partial charge in [-0.2, -0.15) is 9.97 Å². The lowest BCUT2D eigenvalue weighted by molar-refractivity contribution is -0.0555. The number of ether oxygens (including phenoxy) is 2. The zero-order chi connectivity index (χ0) is 30.8. The second kappa shape index (κ2) is 10.7. The van der Waals surface area contributed by atoms with E-state index in [9.17, 15) is 39.5 Å². The third-order valence-corrected chi connectivity index (χ3v) is 7.96. The minimum atomic E-state index is -5.23. The Labute approximate surface area is 237 Å². The zero-order valence-electron chi connectivity index (χ0n) is 21.6. The van der Waals surface area contributed by atoms with E-state index < -0.39 is 81.2 Å². The lowest BCUT2D eigenvalue weighted by atomic mass is 10.1. The molecule has 232 valence electrons. The third-order valence-electron chi connectivity index (χ3n) is 6.94. The highest BCUT2D eigenvalue weighted by Crippen LogP contribution is 2.52. The summed E-state index contributed by atoms with van der Waals surface area (Å²) in [5, 5.41) is 41.7. The second-order valence-electron chi connectivity index (χ2n) is 9.64. The zero-order valence-corrected chi connectivity index (χ0v) is 22.5. The van der Waals surface area contributed by atoms with Crippen LogP contribution in [0.5, 0.6) is 0 Å². The van der Waals surface area contributed by atoms with E-state index >= 15 is 0 Å². The maximum Gasteiger partial charge on any atom is 0.473 e. The van der Waals surface area contributed by atoms with Gasteiger partial charge in [0.15, 0.2) is 34.8 Å². The molecule has 0 aliphatic carbocycles. The number of imidazole rings is 2. The molecule has 0 bridgehead atoms. The molecule has 0 unspecified atom stereocenters. The molecule has 0 spiro atoms. The van der Waals surface area contributed by atoms with Crippen LogP contribution < -0.4 is 22.6 Å². The predicted molar refractivity (Wildman–Crippen MR) is 139 cm³/mol. The molecule has 2 aliphatic rings. The number of aliphatic hydroxyl groups is 4. The highest BCUT2D eigenvalue weighted by Gasteiger charge is 2.53. The molecular formula is C20H25N10O12P. The van der Waals surface area contributed by atoms with Crippen LogP contribution in [-0.2, 0) is 23.1 Å². The molecule has 11 N–H and O–H groups in total. The molecule has 6 heterocycles. The van der Waals surface area contributed by atoms with Crippen LogP contribution in [0.2, 0.25) is 0 Å². The summed E-state index contributed by atoms with van der Waals surface area (Å²) in [5.74, 6) is -0.509. The number of hydrogen-bond acceptors (Lipinski definition) is 17. The van der Waals surface area contributed by atoms with E-state index in [4.69, 9.17) is 30.0 Å². The number of phosphoric acid groups is 1. The van der Waals surface area contributed by atoms with Crippen LogP contribution in [0.3, 0.4) is 0 Å². The molecule has 4 aromatic heterocycles. The Balaban J connectivity index is 1.23. The minimum absolute atomic E-state index is 0.0839. The van der Waals surface area contributed by atoms with E-state index in [1.54, 1.807) is 0 Å². The normalized spacial score (nSPS) is 29.7. The Hall–Kier alpha value is -3.83. The van der Waals surface area contributed by atoms with Crippen molar-refractivity contribution in [3.8, 4) is 0 Å². The molecule has 8 atom stereocenters. The van der Waals surface area contributed by atoms with Gasteiger partial charge in [0.25, 0.3) is 11.1 Å². The van der Waals surface area contributed by atoms with Gasteiger partial charge >= 0.3 is 7.82 Å². The summed E-state index contributed by atoms with van der Waals surface area (Å²) in [5.41, 5.74) is 9.42. The van der Waals surface area contributed by atoms with Crippen molar-refractivity contribution in [1.29, 1.82) is 0 Å². The standard InChI is InChI=1S/C20H25N10O12P/c21-19-25-13-7(15(35)27-19)23-3-29(13)17-9(33)11(5(1-31)39-17)41-43(37,38)42-12-6(2-32)40-18(10(12)34)30-4-24-8-14(30)26-20(22)28-16(8)36/h3-6,9-12,17-18,31-34H,1-2H2,(H,37,38)(H3,21,25,27,35)(H3,22,26,28,36)/t5-,6-,9-,10-,11-,12-,17-,18-/m1/s1. The van der Waals surface area contributed by atoms with Crippen molar-refractivity contribution in [1.82, 2.24) is 39.0 Å². The van der Waals surface area contributed by atoms with E-state index in [0.717, 1.165) is 21.8 Å². The van der Waals surface area contributed by atoms with E-state index in [1.165, 1.54) is 0 Å². The summed E-state index contributed by atoms with van der Waals surface area (Å²) in [6, 6.07) is 0. The molecule has 2 saturated heterocycles. The number of fused-ring (bicyclic) bond motifs is 2. The van der Waals surface area contributed by atoms with E-state index in [2.05, 4.69) is 29.9 Å². The monoisotopic (exact) mass is 628 g/mol. The topological polar surface area (TPSA) is 334 Å². The average Bonchev–Trinajstić information content (AvgIpc) is 3.69. The molecule has 22 nitrogen and oxygen atoms in total. The van der Waals surface area contributed by atoms with Crippen LogP contribution >= 0.6 is 7.82 Å². The highest BCUT2D eigenvalue weighted by molar-refractivity contribution is 7.47. The molecule has 23 heteroatoms. The summed E-state index contributed by atoms with van der Waals surface area (Å²) < 4.78 is 37.1. The lowest BCUT2D eigenvalue weighted by Crippen LogP contribution is -2.38. The predicted octanol–water partition coefficient (Wildman–Crippen LogP) is -4.21. The summed E-state index contributed by atoms with van der Waals surface area (Å²) in [4.78, 5) is 55.2. The Morgan fingerprint density at radius 3 is 1.60 bits per heavy atom. The van der Waals surface area contributed by atoms with Gasteiger partial charge in [-0.05, 0) is 0 Å². The fourth-order valence-electron chi connectivity index (χ4n) is 5.04. The maximum absolute atomic E-state index is 13.2. The van der Waals surface area contributed by atoms with Crippen LogP contribution in [0.1, 0.15) is 12.5 Å². The van der Waals surface area contributed by atoms with Crippen molar-refractivity contribution in [3.63, 3.8) is 0 Å². The Bertz CT molecular complexity index is 1710. The number of anilines is 2. The number of nitrogens with two attached hydrogens (primary N) is 2. The van der Waals surface area contributed by atoms with Gasteiger partial charge in [0.2, 0.25) is 11.9 Å². The molecular weight excluding hydrogens is 603 g/mol. The summed E-state index contributed by atoms with van der Waals surface area (Å²) in [7, 11) is -5.23. The van der Waals surface area contributed by atoms with Crippen molar-refractivity contribution in [2.45, 2.75) is 49.1 Å². The highest BCUT2D eigenvalue weighted by atomic mass is 31.2. The van der Waals surface area contributed by atoms with Gasteiger partial charge in [0.1, 0.15) is 36.6 Å².